The lowest BCUT2D eigenvalue weighted by Gasteiger charge is -2.07. The molecular weight excluding hydrogens is 218 g/mol. The largest absolute Gasteiger partial charge is 0.495 e. The van der Waals surface area contributed by atoms with Gasteiger partial charge in [0.2, 0.25) is 0 Å². The molecule has 78 valence electrons. The van der Waals surface area contributed by atoms with E-state index in [1.165, 1.54) is 25.3 Å². The predicted molar refractivity (Wildman–Crippen MR) is 54.0 cm³/mol. The van der Waals surface area contributed by atoms with Crippen LogP contribution in [0.4, 0.5) is 0 Å². The number of halogens is 1. The van der Waals surface area contributed by atoms with Crippen molar-refractivity contribution < 1.29 is 14.6 Å². The van der Waals surface area contributed by atoms with Crippen LogP contribution in [0.25, 0.3) is 0 Å². The maximum absolute atomic E-state index is 10.7. The lowest BCUT2D eigenvalue weighted by atomic mass is 10.0. The zero-order valence-electron chi connectivity index (χ0n) is 7.90. The van der Waals surface area contributed by atoms with Crippen molar-refractivity contribution in [3.05, 3.63) is 28.8 Å². The van der Waals surface area contributed by atoms with E-state index in [0.717, 1.165) is 0 Å². The first-order chi connectivity index (χ1) is 7.10. The second-order valence-electron chi connectivity index (χ2n) is 2.79. The molecule has 0 aliphatic rings. The van der Waals surface area contributed by atoms with Crippen molar-refractivity contribution in [1.82, 2.24) is 0 Å². The minimum Gasteiger partial charge on any atom is -0.495 e. The third kappa shape index (κ3) is 2.39. The van der Waals surface area contributed by atoms with E-state index in [-0.39, 0.29) is 5.02 Å². The highest BCUT2D eigenvalue weighted by Gasteiger charge is 2.19. The van der Waals surface area contributed by atoms with Gasteiger partial charge in [-0.05, 0) is 17.7 Å². The minimum absolute atomic E-state index is 0.288. The zero-order chi connectivity index (χ0) is 11.4. The Balaban J connectivity index is 3.12. The molecule has 5 heteroatoms. The molecule has 0 radical (unpaired) electrons. The van der Waals surface area contributed by atoms with Gasteiger partial charge in [0.15, 0.2) is 5.92 Å². The second-order valence-corrected chi connectivity index (χ2v) is 3.20. The Labute approximate surface area is 91.7 Å². The van der Waals surface area contributed by atoms with Gasteiger partial charge in [0, 0.05) is 0 Å². The van der Waals surface area contributed by atoms with Crippen LogP contribution in [0.15, 0.2) is 18.2 Å². The number of carbonyl (C=O) groups is 1. The highest BCUT2D eigenvalue weighted by molar-refractivity contribution is 6.32. The van der Waals surface area contributed by atoms with Crippen molar-refractivity contribution in [2.75, 3.05) is 7.11 Å². The maximum Gasteiger partial charge on any atom is 0.325 e. The molecule has 0 amide bonds. The number of carboxylic acids is 1. The summed E-state index contributed by atoms with van der Waals surface area (Å²) in [6.07, 6.45) is 0. The van der Waals surface area contributed by atoms with Crippen molar-refractivity contribution in [2.45, 2.75) is 5.92 Å². The third-order valence-corrected chi connectivity index (χ3v) is 2.18. The number of hydrogen-bond acceptors (Lipinski definition) is 3. The summed E-state index contributed by atoms with van der Waals surface area (Å²) in [7, 11) is 1.46. The van der Waals surface area contributed by atoms with Crippen LogP contribution in [0, 0.1) is 11.3 Å². The molecule has 0 heterocycles. The Hall–Kier alpha value is -1.73. The molecule has 4 nitrogen and oxygen atoms in total. The first-order valence-electron chi connectivity index (χ1n) is 4.06. The fourth-order valence-electron chi connectivity index (χ4n) is 1.13. The molecule has 1 aromatic rings. The van der Waals surface area contributed by atoms with Crippen molar-refractivity contribution in [3.63, 3.8) is 0 Å². The molecule has 15 heavy (non-hydrogen) atoms. The number of benzene rings is 1. The van der Waals surface area contributed by atoms with Crippen molar-refractivity contribution >= 4 is 17.6 Å². The minimum atomic E-state index is -1.20. The van der Waals surface area contributed by atoms with E-state index in [4.69, 9.17) is 26.7 Å². The van der Waals surface area contributed by atoms with Crippen molar-refractivity contribution in [3.8, 4) is 11.8 Å². The Morgan fingerprint density at radius 2 is 2.33 bits per heavy atom. The summed E-state index contributed by atoms with van der Waals surface area (Å²) in [5, 5.41) is 17.7. The zero-order valence-corrected chi connectivity index (χ0v) is 8.65. The molecule has 0 aliphatic heterocycles. The number of nitriles is 1. The molecule has 0 bridgehead atoms. The Bertz CT molecular complexity index is 425. The Morgan fingerprint density at radius 1 is 1.67 bits per heavy atom. The summed E-state index contributed by atoms with van der Waals surface area (Å²) >= 11 is 5.81. The smallest absolute Gasteiger partial charge is 0.325 e. The average molecular weight is 226 g/mol. The molecule has 1 atom stereocenters. The van der Waals surface area contributed by atoms with Gasteiger partial charge in [0.1, 0.15) is 5.75 Å². The van der Waals surface area contributed by atoms with Gasteiger partial charge < -0.3 is 9.84 Å². The van der Waals surface area contributed by atoms with Gasteiger partial charge >= 0.3 is 5.97 Å². The average Bonchev–Trinajstić information content (AvgIpc) is 2.18. The van der Waals surface area contributed by atoms with Crippen molar-refractivity contribution in [2.24, 2.45) is 0 Å². The fourth-order valence-corrected chi connectivity index (χ4v) is 1.40. The number of carboxylic acid groups (broad SMARTS) is 1. The topological polar surface area (TPSA) is 70.3 Å². The summed E-state index contributed by atoms with van der Waals surface area (Å²) < 4.78 is 4.91. The number of ether oxygens (including phenoxy) is 1. The number of hydrogen-bond donors (Lipinski definition) is 1. The Kier molecular flexibility index (Phi) is 3.53. The van der Waals surface area contributed by atoms with E-state index < -0.39 is 11.9 Å². The highest BCUT2D eigenvalue weighted by Crippen LogP contribution is 2.28. The number of methoxy groups -OCH3 is 1. The van der Waals surface area contributed by atoms with Crippen LogP contribution in [0.2, 0.25) is 5.02 Å². The molecule has 1 rings (SSSR count). The van der Waals surface area contributed by atoms with E-state index in [2.05, 4.69) is 0 Å². The van der Waals surface area contributed by atoms with Gasteiger partial charge in [-0.1, -0.05) is 17.7 Å². The van der Waals surface area contributed by atoms with Crippen LogP contribution in [-0.2, 0) is 4.79 Å². The maximum atomic E-state index is 10.7. The van der Waals surface area contributed by atoms with E-state index in [1.54, 1.807) is 6.07 Å². The summed E-state index contributed by atoms with van der Waals surface area (Å²) in [4.78, 5) is 10.7. The quantitative estimate of drug-likeness (QED) is 0.855. The second kappa shape index (κ2) is 4.67. The summed E-state index contributed by atoms with van der Waals surface area (Å²) in [5.41, 5.74) is 0.343. The molecule has 0 fully saturated rings. The van der Waals surface area contributed by atoms with Gasteiger partial charge in [0.25, 0.3) is 0 Å². The SMILES string of the molecule is COc1ccc(C(C#N)C(=O)O)cc1Cl. The summed E-state index contributed by atoms with van der Waals surface area (Å²) in [6, 6.07) is 6.14. The molecule has 0 aromatic heterocycles. The molecule has 1 unspecified atom stereocenters. The third-order valence-electron chi connectivity index (χ3n) is 1.89. The van der Waals surface area contributed by atoms with Gasteiger partial charge in [-0.25, -0.2) is 0 Å². The monoisotopic (exact) mass is 225 g/mol. The number of aliphatic carboxylic acids is 1. The van der Waals surface area contributed by atoms with Crippen LogP contribution >= 0.6 is 11.6 Å². The molecule has 0 saturated carbocycles. The first kappa shape index (κ1) is 11.3. The predicted octanol–water partition coefficient (Wildman–Crippen LogP) is 2.04. The van der Waals surface area contributed by atoms with E-state index >= 15 is 0 Å². The molecule has 1 aromatic carbocycles. The van der Waals surface area contributed by atoms with Crippen LogP contribution < -0.4 is 4.74 Å². The molecule has 1 N–H and O–H groups in total. The van der Waals surface area contributed by atoms with Crippen LogP contribution in [0.3, 0.4) is 0 Å². The standard InChI is InChI=1S/C10H8ClNO3/c1-15-9-3-2-6(4-8(9)11)7(5-12)10(13)14/h2-4,7H,1H3,(H,13,14). The number of nitrogens with zero attached hydrogens (tertiary/aromatic N) is 1. The van der Waals surface area contributed by atoms with Crippen LogP contribution in [0.5, 0.6) is 5.75 Å². The fraction of sp³-hybridized carbons (Fsp3) is 0.200. The van der Waals surface area contributed by atoms with Crippen LogP contribution in [0.1, 0.15) is 11.5 Å². The molecule has 0 spiro atoms. The van der Waals surface area contributed by atoms with Gasteiger partial charge in [0.05, 0.1) is 18.2 Å². The van der Waals surface area contributed by atoms with E-state index in [9.17, 15) is 4.79 Å². The molecular formula is C10H8ClNO3. The van der Waals surface area contributed by atoms with Crippen LogP contribution in [-0.4, -0.2) is 18.2 Å². The lowest BCUT2D eigenvalue weighted by molar-refractivity contribution is -0.137. The van der Waals surface area contributed by atoms with E-state index in [0.29, 0.717) is 11.3 Å². The van der Waals surface area contributed by atoms with Gasteiger partial charge in [-0.2, -0.15) is 5.26 Å². The van der Waals surface area contributed by atoms with E-state index in [1.807, 2.05) is 0 Å². The summed E-state index contributed by atoms with van der Waals surface area (Å²) in [6.45, 7) is 0. The van der Waals surface area contributed by atoms with Gasteiger partial charge in [-0.3, -0.25) is 4.79 Å². The summed E-state index contributed by atoms with van der Waals surface area (Å²) in [5.74, 6) is -1.95. The first-order valence-corrected chi connectivity index (χ1v) is 4.43. The lowest BCUT2D eigenvalue weighted by Crippen LogP contribution is -2.09. The van der Waals surface area contributed by atoms with Gasteiger partial charge in [-0.15, -0.1) is 0 Å². The normalized spacial score (nSPS) is 11.5. The molecule has 0 saturated heterocycles. The highest BCUT2D eigenvalue weighted by atomic mass is 35.5. The molecule has 0 aliphatic carbocycles. The van der Waals surface area contributed by atoms with Crippen molar-refractivity contribution in [1.29, 1.82) is 5.26 Å². The number of rotatable bonds is 3. The Morgan fingerprint density at radius 3 is 2.73 bits per heavy atom.